The number of benzene rings is 6. The van der Waals surface area contributed by atoms with Gasteiger partial charge in [0.05, 0.1) is 21.3 Å². The standard InChI is InChI=1S/C40H23N5OS/c1-2-11-24(12-3-1)39-41-36-30(16-10-20-35(36)47-39)38-42-37(25-21-22-29-28-15-6-9-19-33(28)46-34(29)23-25)43-40(44-38)45-31-17-7-4-13-26(31)27-14-5-8-18-32(27)45/h1-23H. The zero-order valence-corrected chi connectivity index (χ0v) is 25.6. The van der Waals surface area contributed by atoms with E-state index in [2.05, 4.69) is 95.6 Å². The van der Waals surface area contributed by atoms with Crippen molar-refractivity contribution in [1.82, 2.24) is 24.5 Å². The van der Waals surface area contributed by atoms with Gasteiger partial charge in [0.1, 0.15) is 16.2 Å². The lowest BCUT2D eigenvalue weighted by molar-refractivity contribution is 0.669. The predicted octanol–water partition coefficient (Wildman–Crippen LogP) is 10.5. The highest BCUT2D eigenvalue weighted by Crippen LogP contribution is 2.37. The van der Waals surface area contributed by atoms with E-state index < -0.39 is 0 Å². The van der Waals surface area contributed by atoms with Gasteiger partial charge in [-0.15, -0.1) is 11.3 Å². The fraction of sp³-hybridized carbons (Fsp3) is 0. The first kappa shape index (κ1) is 26.1. The molecule has 0 saturated carbocycles. The molecular formula is C40H23N5OS. The molecule has 0 fully saturated rings. The highest BCUT2D eigenvalue weighted by molar-refractivity contribution is 7.21. The van der Waals surface area contributed by atoms with Crippen LogP contribution in [-0.4, -0.2) is 24.5 Å². The fourth-order valence-corrected chi connectivity index (χ4v) is 7.55. The number of rotatable bonds is 4. The summed E-state index contributed by atoms with van der Waals surface area (Å²) in [5, 5.41) is 5.39. The van der Waals surface area contributed by atoms with Crippen LogP contribution in [0, 0.1) is 0 Å². The van der Waals surface area contributed by atoms with Crippen LogP contribution in [0.3, 0.4) is 0 Å². The van der Waals surface area contributed by atoms with Crippen molar-refractivity contribution in [2.24, 2.45) is 0 Å². The largest absolute Gasteiger partial charge is 0.456 e. The Morgan fingerprint density at radius 3 is 1.98 bits per heavy atom. The minimum absolute atomic E-state index is 0.544. The van der Waals surface area contributed by atoms with Crippen LogP contribution in [0.25, 0.3) is 93.3 Å². The molecule has 0 radical (unpaired) electrons. The Balaban J connectivity index is 1.25. The van der Waals surface area contributed by atoms with E-state index in [1.807, 2.05) is 48.5 Å². The van der Waals surface area contributed by atoms with Crippen molar-refractivity contribution in [3.05, 3.63) is 140 Å². The van der Waals surface area contributed by atoms with Crippen molar-refractivity contribution in [2.75, 3.05) is 0 Å². The van der Waals surface area contributed by atoms with E-state index in [-0.39, 0.29) is 0 Å². The predicted molar refractivity (Wildman–Crippen MR) is 191 cm³/mol. The molecule has 0 atom stereocenters. The van der Waals surface area contributed by atoms with Crippen molar-refractivity contribution in [3.8, 4) is 39.3 Å². The lowest BCUT2D eigenvalue weighted by Gasteiger charge is -2.11. The molecule has 0 bridgehead atoms. The Kier molecular flexibility index (Phi) is 5.64. The molecule has 0 aliphatic rings. The zero-order chi connectivity index (χ0) is 30.9. The van der Waals surface area contributed by atoms with Gasteiger partial charge in [0.2, 0.25) is 5.95 Å². The molecular weight excluding hydrogens is 599 g/mol. The van der Waals surface area contributed by atoms with E-state index in [0.29, 0.717) is 17.6 Å². The first-order valence-electron chi connectivity index (χ1n) is 15.4. The number of furan rings is 1. The van der Waals surface area contributed by atoms with Crippen molar-refractivity contribution >= 4 is 65.3 Å². The van der Waals surface area contributed by atoms with Crippen molar-refractivity contribution in [3.63, 3.8) is 0 Å². The molecule has 0 saturated heterocycles. The average Bonchev–Trinajstić information content (AvgIpc) is 3.83. The third-order valence-electron chi connectivity index (χ3n) is 8.72. The summed E-state index contributed by atoms with van der Waals surface area (Å²) in [5.41, 5.74) is 7.36. The van der Waals surface area contributed by atoms with E-state index in [1.54, 1.807) is 11.3 Å². The summed E-state index contributed by atoms with van der Waals surface area (Å²) >= 11 is 1.67. The lowest BCUT2D eigenvalue weighted by Crippen LogP contribution is -2.06. The molecule has 0 unspecified atom stereocenters. The van der Waals surface area contributed by atoms with Crippen LogP contribution in [0.1, 0.15) is 0 Å². The first-order chi connectivity index (χ1) is 23.3. The van der Waals surface area contributed by atoms with Crippen molar-refractivity contribution in [2.45, 2.75) is 0 Å². The van der Waals surface area contributed by atoms with E-state index in [1.165, 1.54) is 0 Å². The summed E-state index contributed by atoms with van der Waals surface area (Å²) in [6.07, 6.45) is 0. The van der Waals surface area contributed by atoms with Crippen molar-refractivity contribution < 1.29 is 4.42 Å². The molecule has 0 aliphatic carbocycles. The summed E-state index contributed by atoms with van der Waals surface area (Å²) < 4.78 is 9.47. The smallest absolute Gasteiger partial charge is 0.238 e. The van der Waals surface area contributed by atoms with Gasteiger partial charge in [-0.2, -0.15) is 9.97 Å². The van der Waals surface area contributed by atoms with Gasteiger partial charge >= 0.3 is 0 Å². The van der Waals surface area contributed by atoms with Gasteiger partial charge in [-0.1, -0.05) is 97.1 Å². The van der Waals surface area contributed by atoms with Gasteiger partial charge in [0, 0.05) is 38.2 Å². The van der Waals surface area contributed by atoms with Crippen LogP contribution in [-0.2, 0) is 0 Å². The topological polar surface area (TPSA) is 69.6 Å². The number of para-hydroxylation sites is 4. The SMILES string of the molecule is c1ccc(-c2nc3c(-c4nc(-c5ccc6c(c5)oc5ccccc56)nc(-n5c6ccccc6c6ccccc65)n4)cccc3s2)cc1. The molecule has 4 heterocycles. The molecule has 10 aromatic rings. The van der Waals surface area contributed by atoms with Crippen LogP contribution in [0.15, 0.2) is 144 Å². The van der Waals surface area contributed by atoms with E-state index in [4.69, 9.17) is 24.4 Å². The molecule has 0 aliphatic heterocycles. The zero-order valence-electron chi connectivity index (χ0n) is 24.8. The van der Waals surface area contributed by atoms with Gasteiger partial charge in [-0.3, -0.25) is 4.57 Å². The highest BCUT2D eigenvalue weighted by Gasteiger charge is 2.20. The first-order valence-corrected chi connectivity index (χ1v) is 16.2. The minimum atomic E-state index is 0.544. The summed E-state index contributed by atoms with van der Waals surface area (Å²) in [6, 6.07) is 47.5. The number of thiazole rings is 1. The number of hydrogen-bond donors (Lipinski definition) is 0. The maximum Gasteiger partial charge on any atom is 0.238 e. The monoisotopic (exact) mass is 621 g/mol. The fourth-order valence-electron chi connectivity index (χ4n) is 6.55. The minimum Gasteiger partial charge on any atom is -0.456 e. The van der Waals surface area contributed by atoms with E-state index >= 15 is 0 Å². The molecule has 0 amide bonds. The Morgan fingerprint density at radius 1 is 0.489 bits per heavy atom. The molecule has 10 rings (SSSR count). The number of hydrogen-bond acceptors (Lipinski definition) is 6. The third-order valence-corrected chi connectivity index (χ3v) is 9.79. The molecule has 4 aromatic heterocycles. The number of fused-ring (bicyclic) bond motifs is 7. The van der Waals surface area contributed by atoms with Crippen LogP contribution < -0.4 is 0 Å². The quantitative estimate of drug-likeness (QED) is 0.196. The molecule has 0 N–H and O–H groups in total. The van der Waals surface area contributed by atoms with Gasteiger partial charge in [0.15, 0.2) is 11.6 Å². The maximum atomic E-state index is 6.26. The van der Waals surface area contributed by atoms with Gasteiger partial charge in [-0.25, -0.2) is 9.97 Å². The Labute approximate surface area is 272 Å². The highest BCUT2D eigenvalue weighted by atomic mass is 32.1. The Morgan fingerprint density at radius 2 is 1.17 bits per heavy atom. The lowest BCUT2D eigenvalue weighted by atomic mass is 10.1. The van der Waals surface area contributed by atoms with Crippen LogP contribution in [0.5, 0.6) is 0 Å². The number of nitrogens with zero attached hydrogens (tertiary/aromatic N) is 5. The Hall–Kier alpha value is -6.18. The van der Waals surface area contributed by atoms with E-state index in [9.17, 15) is 0 Å². The molecule has 220 valence electrons. The van der Waals surface area contributed by atoms with Crippen molar-refractivity contribution in [1.29, 1.82) is 0 Å². The maximum absolute atomic E-state index is 6.26. The van der Waals surface area contributed by atoms with Crippen LogP contribution in [0.2, 0.25) is 0 Å². The van der Waals surface area contributed by atoms with E-state index in [0.717, 1.165) is 75.7 Å². The van der Waals surface area contributed by atoms with Crippen LogP contribution in [0.4, 0.5) is 0 Å². The summed E-state index contributed by atoms with van der Waals surface area (Å²) in [7, 11) is 0. The van der Waals surface area contributed by atoms with Crippen LogP contribution >= 0.6 is 11.3 Å². The summed E-state index contributed by atoms with van der Waals surface area (Å²) in [5.74, 6) is 1.67. The summed E-state index contributed by atoms with van der Waals surface area (Å²) in [4.78, 5) is 20.6. The number of aromatic nitrogens is 5. The van der Waals surface area contributed by atoms with Gasteiger partial charge < -0.3 is 4.42 Å². The van der Waals surface area contributed by atoms with Gasteiger partial charge in [0.25, 0.3) is 0 Å². The molecule has 0 spiro atoms. The molecule has 6 aromatic carbocycles. The average molecular weight is 622 g/mol. The normalized spacial score (nSPS) is 11.8. The Bertz CT molecular complexity index is 2760. The second kappa shape index (κ2) is 10.2. The summed E-state index contributed by atoms with van der Waals surface area (Å²) in [6.45, 7) is 0. The third kappa shape index (κ3) is 4.10. The molecule has 6 nitrogen and oxygen atoms in total. The second-order valence-electron chi connectivity index (χ2n) is 11.5. The van der Waals surface area contributed by atoms with Gasteiger partial charge in [-0.05, 0) is 42.5 Å². The molecule has 47 heavy (non-hydrogen) atoms. The molecule has 7 heteroatoms. The second-order valence-corrected chi connectivity index (χ2v) is 12.5.